The van der Waals surface area contributed by atoms with Crippen LogP contribution in [-0.2, 0) is 12.7 Å². The number of nitrogen functional groups attached to an aromatic ring is 1. The lowest BCUT2D eigenvalue weighted by atomic mass is 10.1. The molecule has 8 nitrogen and oxygen atoms in total. The van der Waals surface area contributed by atoms with Gasteiger partial charge in [-0.1, -0.05) is 11.6 Å². The van der Waals surface area contributed by atoms with E-state index in [-0.39, 0.29) is 28.8 Å². The van der Waals surface area contributed by atoms with E-state index in [1.54, 1.807) is 19.1 Å². The fraction of sp³-hybridized carbons (Fsp3) is 0.182. The molecule has 1 amide bonds. The van der Waals surface area contributed by atoms with Gasteiger partial charge in [-0.25, -0.2) is 19.9 Å². The average Bonchev–Trinajstić information content (AvgIpc) is 2.82. The molecule has 0 bridgehead atoms. The number of fused-ring (bicyclic) bond motifs is 1. The maximum absolute atomic E-state index is 13.5. The van der Waals surface area contributed by atoms with Gasteiger partial charge >= 0.3 is 6.18 Å². The third kappa shape index (κ3) is 4.88. The zero-order valence-electron chi connectivity index (χ0n) is 17.7. The number of nitrogens with zero attached hydrogens (tertiary/aromatic N) is 6. The Hall–Kier alpha value is -3.86. The van der Waals surface area contributed by atoms with Gasteiger partial charge in [-0.15, -0.1) is 0 Å². The first-order valence-electron chi connectivity index (χ1n) is 9.95. The second-order valence-electron chi connectivity index (χ2n) is 7.37. The molecular formula is C22H17ClF3N7O. The molecule has 4 aromatic heterocycles. The van der Waals surface area contributed by atoms with Crippen LogP contribution in [0.3, 0.4) is 0 Å². The number of rotatable bonds is 5. The summed E-state index contributed by atoms with van der Waals surface area (Å²) in [5.74, 6) is -0.0163. The number of alkyl halides is 3. The largest absolute Gasteiger partial charge is 0.417 e. The molecule has 0 aromatic carbocycles. The van der Waals surface area contributed by atoms with E-state index >= 15 is 0 Å². The van der Waals surface area contributed by atoms with E-state index in [1.807, 2.05) is 0 Å². The van der Waals surface area contributed by atoms with Crippen molar-refractivity contribution in [1.82, 2.24) is 29.8 Å². The highest BCUT2D eigenvalue weighted by Gasteiger charge is 2.31. The number of aromatic nitrogens is 5. The molecule has 0 saturated carbocycles. The van der Waals surface area contributed by atoms with E-state index in [4.69, 9.17) is 17.3 Å². The first-order chi connectivity index (χ1) is 16.1. The molecule has 4 aromatic rings. The van der Waals surface area contributed by atoms with E-state index in [9.17, 15) is 18.0 Å². The topological polar surface area (TPSA) is 111 Å². The van der Waals surface area contributed by atoms with Crippen LogP contribution in [0, 0.1) is 0 Å². The van der Waals surface area contributed by atoms with E-state index in [1.165, 1.54) is 35.6 Å². The summed E-state index contributed by atoms with van der Waals surface area (Å²) in [7, 11) is 0. The van der Waals surface area contributed by atoms with Crippen LogP contribution in [0.15, 0.2) is 55.1 Å². The summed E-state index contributed by atoms with van der Waals surface area (Å²) in [4.78, 5) is 35.5. The van der Waals surface area contributed by atoms with E-state index in [0.29, 0.717) is 16.7 Å². The molecule has 0 spiro atoms. The van der Waals surface area contributed by atoms with Gasteiger partial charge in [-0.2, -0.15) is 13.2 Å². The summed E-state index contributed by atoms with van der Waals surface area (Å²) in [5, 5.41) is 0.780. The monoisotopic (exact) mass is 487 g/mol. The third-order valence-corrected chi connectivity index (χ3v) is 5.38. The van der Waals surface area contributed by atoms with E-state index in [2.05, 4.69) is 24.9 Å². The Balaban J connectivity index is 1.70. The Labute approximate surface area is 196 Å². The minimum absolute atomic E-state index is 0.0739. The summed E-state index contributed by atoms with van der Waals surface area (Å²) < 4.78 is 38.7. The number of pyridine rings is 3. The number of carbonyl (C=O) groups excluding carboxylic acids is 1. The van der Waals surface area contributed by atoms with Gasteiger partial charge in [-0.05, 0) is 37.3 Å². The molecule has 4 heterocycles. The van der Waals surface area contributed by atoms with Crippen molar-refractivity contribution >= 4 is 34.2 Å². The molecule has 34 heavy (non-hydrogen) atoms. The zero-order chi connectivity index (χ0) is 24.5. The van der Waals surface area contributed by atoms with Crippen molar-refractivity contribution in [2.45, 2.75) is 25.7 Å². The lowest BCUT2D eigenvalue weighted by Gasteiger charge is -2.28. The molecule has 0 aliphatic carbocycles. The molecule has 0 aliphatic rings. The van der Waals surface area contributed by atoms with Gasteiger partial charge < -0.3 is 10.6 Å². The fourth-order valence-corrected chi connectivity index (χ4v) is 3.40. The molecule has 0 fully saturated rings. The fourth-order valence-electron chi connectivity index (χ4n) is 3.24. The quantitative estimate of drug-likeness (QED) is 0.442. The maximum atomic E-state index is 13.5. The Morgan fingerprint density at radius 3 is 2.50 bits per heavy atom. The smallest absolute Gasteiger partial charge is 0.382 e. The van der Waals surface area contributed by atoms with Gasteiger partial charge in [0.1, 0.15) is 17.3 Å². The van der Waals surface area contributed by atoms with Crippen LogP contribution in [0.2, 0.25) is 5.02 Å². The molecule has 12 heteroatoms. The minimum Gasteiger partial charge on any atom is -0.382 e. The number of amides is 1. The molecule has 0 aliphatic heterocycles. The van der Waals surface area contributed by atoms with Crippen molar-refractivity contribution in [3.05, 3.63) is 82.9 Å². The summed E-state index contributed by atoms with van der Waals surface area (Å²) in [5.41, 5.74) is 5.62. The number of carbonyl (C=O) groups is 1. The van der Waals surface area contributed by atoms with Crippen molar-refractivity contribution in [2.75, 3.05) is 5.73 Å². The Bertz CT molecular complexity index is 1330. The van der Waals surface area contributed by atoms with Gasteiger partial charge in [0.2, 0.25) is 0 Å². The van der Waals surface area contributed by atoms with Crippen LogP contribution < -0.4 is 5.73 Å². The lowest BCUT2D eigenvalue weighted by Crippen LogP contribution is -2.35. The second-order valence-corrected chi connectivity index (χ2v) is 7.78. The molecule has 174 valence electrons. The summed E-state index contributed by atoms with van der Waals surface area (Å²) in [6.45, 7) is 1.61. The molecule has 0 saturated heterocycles. The van der Waals surface area contributed by atoms with Gasteiger partial charge in [0.25, 0.3) is 5.91 Å². The molecule has 1 atom stereocenters. The Kier molecular flexibility index (Phi) is 6.29. The van der Waals surface area contributed by atoms with Gasteiger partial charge in [0, 0.05) is 24.0 Å². The maximum Gasteiger partial charge on any atom is 0.417 e. The van der Waals surface area contributed by atoms with Crippen LogP contribution in [0.25, 0.3) is 10.9 Å². The summed E-state index contributed by atoms with van der Waals surface area (Å²) in [6.07, 6.45) is 0.676. The zero-order valence-corrected chi connectivity index (χ0v) is 18.4. The Morgan fingerprint density at radius 1 is 1.12 bits per heavy atom. The van der Waals surface area contributed by atoms with Gasteiger partial charge in [0.15, 0.2) is 0 Å². The average molecular weight is 488 g/mol. The molecule has 2 N–H and O–H groups in total. The standard InChI is InChI=1S/C22H17ClF3N7O/c1-12(20-28-5-2-6-29-20)33(11-15-4-3-14(9-30-15)22(24,25)26)21(34)17-8-13-7-16(23)19(27)32-18(13)10-31-17/h2-10,12H,11H2,1H3,(H2,27,32)/t12-/m1/s1. The minimum atomic E-state index is -4.51. The van der Waals surface area contributed by atoms with Crippen LogP contribution in [-0.4, -0.2) is 35.7 Å². The molecule has 0 radical (unpaired) electrons. The normalized spacial score (nSPS) is 12.5. The van der Waals surface area contributed by atoms with E-state index in [0.717, 1.165) is 12.3 Å². The van der Waals surface area contributed by atoms with Crippen molar-refractivity contribution in [3.63, 3.8) is 0 Å². The predicted molar refractivity (Wildman–Crippen MR) is 119 cm³/mol. The number of anilines is 1. The number of hydrogen-bond acceptors (Lipinski definition) is 7. The SMILES string of the molecule is C[C@H](c1ncccn1)N(Cc1ccc(C(F)(F)F)cn1)C(=O)c1cc2cc(Cl)c(N)nc2cn1. The van der Waals surface area contributed by atoms with Crippen LogP contribution in [0.5, 0.6) is 0 Å². The van der Waals surface area contributed by atoms with Crippen molar-refractivity contribution < 1.29 is 18.0 Å². The third-order valence-electron chi connectivity index (χ3n) is 5.07. The Morgan fingerprint density at radius 2 is 1.85 bits per heavy atom. The first kappa shape index (κ1) is 23.3. The van der Waals surface area contributed by atoms with Gasteiger partial charge in [-0.3, -0.25) is 9.78 Å². The molecular weight excluding hydrogens is 471 g/mol. The summed E-state index contributed by atoms with van der Waals surface area (Å²) >= 11 is 6.06. The summed E-state index contributed by atoms with van der Waals surface area (Å²) in [6, 6.07) is 6.23. The van der Waals surface area contributed by atoms with E-state index < -0.39 is 23.7 Å². The van der Waals surface area contributed by atoms with Crippen molar-refractivity contribution in [2.24, 2.45) is 0 Å². The van der Waals surface area contributed by atoms with Crippen LogP contribution in [0.1, 0.15) is 40.5 Å². The number of halogens is 4. The van der Waals surface area contributed by atoms with Crippen molar-refractivity contribution in [1.29, 1.82) is 0 Å². The predicted octanol–water partition coefficient (Wildman–Crippen LogP) is 4.47. The molecule has 0 unspecified atom stereocenters. The molecule has 4 rings (SSSR count). The highest BCUT2D eigenvalue weighted by Crippen LogP contribution is 2.29. The van der Waals surface area contributed by atoms with Crippen molar-refractivity contribution in [3.8, 4) is 0 Å². The van der Waals surface area contributed by atoms with Gasteiger partial charge in [0.05, 0.1) is 40.6 Å². The number of nitrogens with two attached hydrogens (primary N) is 1. The second kappa shape index (κ2) is 9.18. The van der Waals surface area contributed by atoms with Crippen LogP contribution in [0.4, 0.5) is 19.0 Å². The van der Waals surface area contributed by atoms with Crippen LogP contribution >= 0.6 is 11.6 Å². The highest BCUT2D eigenvalue weighted by atomic mass is 35.5. The first-order valence-corrected chi connectivity index (χ1v) is 10.3. The highest BCUT2D eigenvalue weighted by molar-refractivity contribution is 6.33. The number of hydrogen-bond donors (Lipinski definition) is 1. The lowest BCUT2D eigenvalue weighted by molar-refractivity contribution is -0.137.